The van der Waals surface area contributed by atoms with Gasteiger partial charge in [-0.15, -0.1) is 0 Å². The molecule has 2 aliphatic heterocycles. The highest BCUT2D eigenvalue weighted by atomic mass is 19.3. The molecule has 44 heavy (non-hydrogen) atoms. The number of amidine groups is 1. The third-order valence-corrected chi connectivity index (χ3v) is 7.65. The van der Waals surface area contributed by atoms with E-state index in [9.17, 15) is 23.2 Å². The van der Waals surface area contributed by atoms with Gasteiger partial charge >= 0.3 is 12.1 Å². The van der Waals surface area contributed by atoms with Crippen LogP contribution in [0.3, 0.4) is 0 Å². The molecule has 3 N–H and O–H groups in total. The summed E-state index contributed by atoms with van der Waals surface area (Å²) in [5.41, 5.74) is 5.08. The van der Waals surface area contributed by atoms with Crippen LogP contribution < -0.4 is 15.8 Å². The number of amides is 4. The van der Waals surface area contributed by atoms with Crippen molar-refractivity contribution >= 4 is 23.9 Å². The average molecular weight is 626 g/mol. The van der Waals surface area contributed by atoms with Gasteiger partial charge in [0.1, 0.15) is 29.0 Å². The van der Waals surface area contributed by atoms with Crippen LogP contribution >= 0.6 is 0 Å². The van der Waals surface area contributed by atoms with E-state index in [0.29, 0.717) is 37.2 Å². The van der Waals surface area contributed by atoms with Crippen LogP contribution in [0.4, 0.5) is 22.8 Å². The molecule has 0 spiro atoms. The number of hydrogen-bond donors (Lipinski definition) is 2. The van der Waals surface area contributed by atoms with Crippen LogP contribution in [0.1, 0.15) is 72.3 Å². The summed E-state index contributed by atoms with van der Waals surface area (Å²) in [5.74, 6) is -3.28. The summed E-state index contributed by atoms with van der Waals surface area (Å²) in [4.78, 5) is 44.5. The second-order valence-electron chi connectivity index (χ2n) is 12.9. The smallest absolute Gasteiger partial charge is 0.408 e. The zero-order valence-electron chi connectivity index (χ0n) is 26.3. The van der Waals surface area contributed by atoms with E-state index in [-0.39, 0.29) is 30.5 Å². The number of halogens is 3. The standard InChI is InChI=1S/C31H46F3N5O5/c1-20(2)26(35)37-28(41)38-13-10-21(11-14-38)7-6-16-43-23-9-8-22(24(32)18-23)17-25(36-29(42)44-30(3,4)5)27(40)39-15-12-31(33,34)19-39/h8-9,18,20-21,25H,6-7,10-17,19H2,1-5H3,(H,36,42)(H2,35,37,41)/t25-/m0/s1. The summed E-state index contributed by atoms with van der Waals surface area (Å²) in [6.07, 6.45) is 1.75. The maximum Gasteiger partial charge on any atom is 0.408 e. The lowest BCUT2D eigenvalue weighted by molar-refractivity contribution is -0.133. The van der Waals surface area contributed by atoms with E-state index in [1.54, 1.807) is 31.7 Å². The zero-order chi connectivity index (χ0) is 32.7. The fourth-order valence-electron chi connectivity index (χ4n) is 5.08. The van der Waals surface area contributed by atoms with Crippen molar-refractivity contribution in [1.82, 2.24) is 15.1 Å². The SMILES string of the molecule is CC(C)C(N)=NC(=O)N1CCC(CCCOc2ccc(C[C@H](NC(=O)OC(C)(C)C)C(=O)N3CCC(F)(F)C3)c(F)c2)CC1. The molecule has 10 nitrogen and oxygen atoms in total. The van der Waals surface area contributed by atoms with Gasteiger partial charge in [-0.1, -0.05) is 19.9 Å². The number of piperidine rings is 1. The molecule has 0 aromatic heterocycles. The molecular weight excluding hydrogens is 579 g/mol. The maximum atomic E-state index is 15.1. The van der Waals surface area contributed by atoms with Gasteiger partial charge in [-0.2, -0.15) is 4.99 Å². The predicted molar refractivity (Wildman–Crippen MR) is 160 cm³/mol. The summed E-state index contributed by atoms with van der Waals surface area (Å²) < 4.78 is 53.6. The molecule has 2 heterocycles. The first kappa shape index (κ1) is 35.0. The lowest BCUT2D eigenvalue weighted by atomic mass is 9.92. The Labute approximate surface area is 257 Å². The van der Waals surface area contributed by atoms with Gasteiger partial charge in [-0.05, 0) is 64.0 Å². The molecule has 2 fully saturated rings. The Morgan fingerprint density at radius 3 is 2.39 bits per heavy atom. The third kappa shape index (κ3) is 10.9. The molecule has 3 rings (SSSR count). The van der Waals surface area contributed by atoms with Gasteiger partial charge < -0.3 is 30.3 Å². The largest absolute Gasteiger partial charge is 0.493 e. The van der Waals surface area contributed by atoms with Crippen molar-refractivity contribution in [3.8, 4) is 5.75 Å². The van der Waals surface area contributed by atoms with Crippen LogP contribution in [0.2, 0.25) is 0 Å². The fraction of sp³-hybridized carbons (Fsp3) is 0.677. The Morgan fingerprint density at radius 2 is 1.82 bits per heavy atom. The summed E-state index contributed by atoms with van der Waals surface area (Å²) in [6.45, 7) is 9.42. The first-order valence-electron chi connectivity index (χ1n) is 15.2. The van der Waals surface area contributed by atoms with Gasteiger partial charge in [-0.3, -0.25) is 4.79 Å². The Balaban J connectivity index is 1.50. The Bertz CT molecular complexity index is 1200. The van der Waals surface area contributed by atoms with E-state index in [1.165, 1.54) is 12.1 Å². The molecule has 1 atom stereocenters. The second-order valence-corrected chi connectivity index (χ2v) is 12.9. The van der Waals surface area contributed by atoms with Crippen molar-refractivity contribution in [3.63, 3.8) is 0 Å². The van der Waals surface area contributed by atoms with Crippen molar-refractivity contribution in [3.05, 3.63) is 29.6 Å². The van der Waals surface area contributed by atoms with E-state index in [2.05, 4.69) is 10.3 Å². The van der Waals surface area contributed by atoms with E-state index in [1.807, 2.05) is 13.8 Å². The number of nitrogens with zero attached hydrogens (tertiary/aromatic N) is 3. The molecule has 13 heteroatoms. The van der Waals surface area contributed by atoms with Crippen LogP contribution in [0.15, 0.2) is 23.2 Å². The van der Waals surface area contributed by atoms with E-state index >= 15 is 4.39 Å². The summed E-state index contributed by atoms with van der Waals surface area (Å²) in [6, 6.07) is 2.66. The highest BCUT2D eigenvalue weighted by Gasteiger charge is 2.42. The van der Waals surface area contributed by atoms with Crippen molar-refractivity contribution < 1.29 is 37.0 Å². The van der Waals surface area contributed by atoms with Crippen LogP contribution in [0, 0.1) is 17.7 Å². The summed E-state index contributed by atoms with van der Waals surface area (Å²) in [5, 5.41) is 2.43. The van der Waals surface area contributed by atoms with Gasteiger partial charge in [0, 0.05) is 44.5 Å². The number of rotatable bonds is 10. The molecule has 2 aliphatic rings. The molecule has 0 aliphatic carbocycles. The molecule has 4 amide bonds. The molecule has 246 valence electrons. The van der Waals surface area contributed by atoms with Crippen LogP contribution in [-0.4, -0.2) is 84.0 Å². The minimum absolute atomic E-state index is 0.0153. The minimum atomic E-state index is -3.01. The second kappa shape index (κ2) is 15.0. The van der Waals surface area contributed by atoms with Gasteiger partial charge in [0.15, 0.2) is 0 Å². The Morgan fingerprint density at radius 1 is 1.14 bits per heavy atom. The van der Waals surface area contributed by atoms with Crippen molar-refractivity contribution in [2.24, 2.45) is 22.6 Å². The molecule has 1 aromatic carbocycles. The minimum Gasteiger partial charge on any atom is -0.493 e. The molecular formula is C31H46F3N5O5. The molecule has 0 saturated carbocycles. The predicted octanol–water partition coefficient (Wildman–Crippen LogP) is 5.13. The van der Waals surface area contributed by atoms with Gasteiger partial charge in [-0.25, -0.2) is 22.8 Å². The highest BCUT2D eigenvalue weighted by molar-refractivity contribution is 5.93. The molecule has 0 radical (unpaired) electrons. The summed E-state index contributed by atoms with van der Waals surface area (Å²) >= 11 is 0. The first-order chi connectivity index (χ1) is 20.5. The molecule has 1 aromatic rings. The van der Waals surface area contributed by atoms with Crippen molar-refractivity contribution in [2.75, 3.05) is 32.8 Å². The first-order valence-corrected chi connectivity index (χ1v) is 15.2. The number of aliphatic imine (C=N–C) groups is 1. The van der Waals surface area contributed by atoms with Gasteiger partial charge in [0.2, 0.25) is 5.91 Å². The monoisotopic (exact) mass is 625 g/mol. The maximum absolute atomic E-state index is 15.1. The van der Waals surface area contributed by atoms with Gasteiger partial charge in [0.25, 0.3) is 5.92 Å². The molecule has 0 bridgehead atoms. The van der Waals surface area contributed by atoms with Crippen molar-refractivity contribution in [2.45, 2.75) is 90.7 Å². The number of alkyl halides is 2. The van der Waals surface area contributed by atoms with Crippen LogP contribution in [-0.2, 0) is 16.0 Å². The lowest BCUT2D eigenvalue weighted by Crippen LogP contribution is -2.50. The lowest BCUT2D eigenvalue weighted by Gasteiger charge is -2.30. The van der Waals surface area contributed by atoms with E-state index < -0.39 is 48.3 Å². The number of carbonyl (C=O) groups excluding carboxylic acids is 3. The fourth-order valence-corrected chi connectivity index (χ4v) is 5.08. The number of nitrogens with two attached hydrogens (primary N) is 1. The summed E-state index contributed by atoms with van der Waals surface area (Å²) in [7, 11) is 0. The quantitative estimate of drug-likeness (QED) is 0.211. The van der Waals surface area contributed by atoms with E-state index in [4.69, 9.17) is 15.2 Å². The third-order valence-electron chi connectivity index (χ3n) is 7.65. The molecule has 0 unspecified atom stereocenters. The Kier molecular flexibility index (Phi) is 11.9. The number of alkyl carbamates (subject to hydrolysis) is 1. The normalized spacial score (nSPS) is 18.3. The topological polar surface area (TPSA) is 127 Å². The molecule has 2 saturated heterocycles. The van der Waals surface area contributed by atoms with Crippen LogP contribution in [0.25, 0.3) is 0 Å². The Hall–Kier alpha value is -3.51. The highest BCUT2D eigenvalue weighted by Crippen LogP contribution is 2.28. The van der Waals surface area contributed by atoms with Crippen LogP contribution in [0.5, 0.6) is 5.75 Å². The number of benzene rings is 1. The van der Waals surface area contributed by atoms with Crippen molar-refractivity contribution in [1.29, 1.82) is 0 Å². The number of hydrogen-bond acceptors (Lipinski definition) is 5. The number of urea groups is 1. The van der Waals surface area contributed by atoms with E-state index in [0.717, 1.165) is 30.6 Å². The number of carbonyl (C=O) groups is 3. The zero-order valence-corrected chi connectivity index (χ0v) is 26.3. The number of likely N-dealkylation sites (tertiary alicyclic amines) is 2. The number of nitrogens with one attached hydrogen (secondary N) is 1. The van der Waals surface area contributed by atoms with Gasteiger partial charge in [0.05, 0.1) is 13.2 Å². The average Bonchev–Trinajstić information content (AvgIpc) is 3.30. The number of ether oxygens (including phenoxy) is 2.